The number of halogens is 1. The topological polar surface area (TPSA) is 93.2 Å². The Morgan fingerprint density at radius 3 is 2.37 bits per heavy atom. The van der Waals surface area contributed by atoms with Crippen LogP contribution in [0.3, 0.4) is 0 Å². The van der Waals surface area contributed by atoms with Crippen LogP contribution in [-0.4, -0.2) is 28.6 Å². The van der Waals surface area contributed by atoms with E-state index in [0.717, 1.165) is 24.2 Å². The van der Waals surface area contributed by atoms with E-state index in [1.165, 1.54) is 5.56 Å². The number of carbonyl (C=O) groups is 2. The summed E-state index contributed by atoms with van der Waals surface area (Å²) in [4.78, 5) is 24.9. The van der Waals surface area contributed by atoms with E-state index in [-0.39, 0.29) is 23.4 Å². The van der Waals surface area contributed by atoms with Crippen molar-refractivity contribution in [1.29, 1.82) is 0 Å². The third-order valence-corrected chi connectivity index (χ3v) is 6.16. The standard InChI is InChI=1S/C26H23ClN4O3S/c27-20-10-14-22(15-11-20)34-17-23-30-31-26(35-23)25(33)29-21-12-8-19(9-13-21)24(32)28-16-4-7-18-5-2-1-3-6-18/h1-3,5-6,8-15H,4,7,16-17H2,(H,28,32)(H,29,33). The lowest BCUT2D eigenvalue weighted by Gasteiger charge is -2.07. The summed E-state index contributed by atoms with van der Waals surface area (Å²) in [6.07, 6.45) is 1.77. The van der Waals surface area contributed by atoms with Gasteiger partial charge in [-0.25, -0.2) is 0 Å². The van der Waals surface area contributed by atoms with E-state index >= 15 is 0 Å². The van der Waals surface area contributed by atoms with Gasteiger partial charge in [-0.3, -0.25) is 9.59 Å². The summed E-state index contributed by atoms with van der Waals surface area (Å²) in [7, 11) is 0. The molecule has 9 heteroatoms. The third-order valence-electron chi connectivity index (χ3n) is 5.01. The van der Waals surface area contributed by atoms with Gasteiger partial charge in [-0.15, -0.1) is 10.2 Å². The Kier molecular flexibility index (Phi) is 8.43. The molecule has 0 aliphatic heterocycles. The summed E-state index contributed by atoms with van der Waals surface area (Å²) in [6.45, 7) is 0.787. The second-order valence-corrected chi connectivity index (χ2v) is 9.12. The molecule has 0 saturated carbocycles. The summed E-state index contributed by atoms with van der Waals surface area (Å²) >= 11 is 7.01. The van der Waals surface area contributed by atoms with Gasteiger partial charge in [0.25, 0.3) is 11.8 Å². The Hall–Kier alpha value is -3.75. The van der Waals surface area contributed by atoms with Crippen molar-refractivity contribution in [2.75, 3.05) is 11.9 Å². The van der Waals surface area contributed by atoms with Gasteiger partial charge in [0.1, 0.15) is 12.4 Å². The normalized spacial score (nSPS) is 10.5. The molecule has 7 nitrogen and oxygen atoms in total. The van der Waals surface area contributed by atoms with Crippen LogP contribution in [0.25, 0.3) is 0 Å². The van der Waals surface area contributed by atoms with E-state index in [1.807, 2.05) is 18.2 Å². The number of aromatic nitrogens is 2. The van der Waals surface area contributed by atoms with Gasteiger partial charge in [0.05, 0.1) is 0 Å². The number of aryl methyl sites for hydroxylation is 1. The predicted octanol–water partition coefficient (Wildman–Crippen LogP) is 5.39. The molecule has 0 aliphatic rings. The van der Waals surface area contributed by atoms with Crippen LogP contribution in [-0.2, 0) is 13.0 Å². The van der Waals surface area contributed by atoms with Crippen LogP contribution in [0.4, 0.5) is 5.69 Å². The van der Waals surface area contributed by atoms with Gasteiger partial charge in [0, 0.05) is 22.8 Å². The largest absolute Gasteiger partial charge is 0.486 e. The lowest BCUT2D eigenvalue weighted by Crippen LogP contribution is -2.24. The van der Waals surface area contributed by atoms with Crippen molar-refractivity contribution in [3.8, 4) is 5.75 Å². The highest BCUT2D eigenvalue weighted by molar-refractivity contribution is 7.13. The molecule has 0 spiro atoms. The average molecular weight is 507 g/mol. The number of hydrogen-bond acceptors (Lipinski definition) is 6. The van der Waals surface area contributed by atoms with Crippen molar-refractivity contribution >= 4 is 40.4 Å². The number of ether oxygens (including phenoxy) is 1. The molecule has 2 amide bonds. The second kappa shape index (κ2) is 12.1. The first-order chi connectivity index (χ1) is 17.1. The van der Waals surface area contributed by atoms with Gasteiger partial charge >= 0.3 is 0 Å². The van der Waals surface area contributed by atoms with E-state index in [1.54, 1.807) is 48.5 Å². The number of rotatable bonds is 10. The fourth-order valence-corrected chi connectivity index (χ4v) is 3.98. The number of carbonyl (C=O) groups excluding carboxylic acids is 2. The van der Waals surface area contributed by atoms with Crippen molar-refractivity contribution < 1.29 is 14.3 Å². The molecule has 0 aliphatic carbocycles. The van der Waals surface area contributed by atoms with Gasteiger partial charge in [-0.1, -0.05) is 53.3 Å². The van der Waals surface area contributed by atoms with Crippen LogP contribution in [0.2, 0.25) is 5.02 Å². The molecule has 0 fully saturated rings. The molecule has 2 N–H and O–H groups in total. The number of nitrogens with zero attached hydrogens (tertiary/aromatic N) is 2. The van der Waals surface area contributed by atoms with Gasteiger partial charge in [-0.05, 0) is 66.9 Å². The van der Waals surface area contributed by atoms with Gasteiger partial charge in [-0.2, -0.15) is 0 Å². The highest BCUT2D eigenvalue weighted by atomic mass is 35.5. The van der Waals surface area contributed by atoms with Crippen LogP contribution in [0.15, 0.2) is 78.9 Å². The average Bonchev–Trinajstić information content (AvgIpc) is 3.37. The minimum absolute atomic E-state index is 0.148. The maximum absolute atomic E-state index is 12.5. The molecule has 1 aromatic heterocycles. The van der Waals surface area contributed by atoms with E-state index in [0.29, 0.717) is 33.6 Å². The molecule has 3 aromatic carbocycles. The molecule has 0 atom stereocenters. The highest BCUT2D eigenvalue weighted by Crippen LogP contribution is 2.19. The van der Waals surface area contributed by atoms with Crippen LogP contribution in [0.5, 0.6) is 5.75 Å². The Bertz CT molecular complexity index is 1260. The molecule has 4 rings (SSSR count). The van der Waals surface area contributed by atoms with Gasteiger partial charge < -0.3 is 15.4 Å². The number of amides is 2. The first-order valence-electron chi connectivity index (χ1n) is 11.0. The molecule has 35 heavy (non-hydrogen) atoms. The molecule has 0 saturated heterocycles. The van der Waals surface area contributed by atoms with E-state index in [4.69, 9.17) is 16.3 Å². The van der Waals surface area contributed by atoms with Crippen LogP contribution in [0.1, 0.15) is 37.2 Å². The van der Waals surface area contributed by atoms with E-state index in [9.17, 15) is 9.59 Å². The zero-order chi connectivity index (χ0) is 24.5. The zero-order valence-electron chi connectivity index (χ0n) is 18.7. The molecule has 1 heterocycles. The van der Waals surface area contributed by atoms with Crippen molar-refractivity contribution in [2.24, 2.45) is 0 Å². The molecule has 0 unspecified atom stereocenters. The summed E-state index contributed by atoms with van der Waals surface area (Å²) < 4.78 is 5.63. The summed E-state index contributed by atoms with van der Waals surface area (Å²) in [5.41, 5.74) is 2.34. The minimum Gasteiger partial charge on any atom is -0.486 e. The summed E-state index contributed by atoms with van der Waals surface area (Å²) in [5.74, 6) is 0.125. The summed E-state index contributed by atoms with van der Waals surface area (Å²) in [6, 6.07) is 23.9. The number of anilines is 1. The van der Waals surface area contributed by atoms with Crippen LogP contribution >= 0.6 is 22.9 Å². The number of benzene rings is 3. The maximum atomic E-state index is 12.5. The van der Waals surface area contributed by atoms with Crippen molar-refractivity contribution in [1.82, 2.24) is 15.5 Å². The minimum atomic E-state index is -0.377. The van der Waals surface area contributed by atoms with Gasteiger partial charge in [0.15, 0.2) is 5.01 Å². The third kappa shape index (κ3) is 7.37. The van der Waals surface area contributed by atoms with Crippen LogP contribution < -0.4 is 15.4 Å². The molecule has 4 aromatic rings. The lowest BCUT2D eigenvalue weighted by atomic mass is 10.1. The quantitative estimate of drug-likeness (QED) is 0.281. The number of hydrogen-bond donors (Lipinski definition) is 2. The fourth-order valence-electron chi connectivity index (χ4n) is 3.21. The van der Waals surface area contributed by atoms with Crippen molar-refractivity contribution in [3.05, 3.63) is 105 Å². The Morgan fingerprint density at radius 1 is 0.886 bits per heavy atom. The molecule has 0 radical (unpaired) electrons. The smallest absolute Gasteiger partial charge is 0.286 e. The Morgan fingerprint density at radius 2 is 1.63 bits per heavy atom. The van der Waals surface area contributed by atoms with Crippen molar-refractivity contribution in [2.45, 2.75) is 19.4 Å². The monoisotopic (exact) mass is 506 g/mol. The van der Waals surface area contributed by atoms with Gasteiger partial charge in [0.2, 0.25) is 5.01 Å². The van der Waals surface area contributed by atoms with E-state index in [2.05, 4.69) is 33.0 Å². The molecular weight excluding hydrogens is 484 g/mol. The molecule has 0 bridgehead atoms. The first-order valence-corrected chi connectivity index (χ1v) is 12.2. The maximum Gasteiger partial charge on any atom is 0.286 e. The Labute approximate surface area is 212 Å². The highest BCUT2D eigenvalue weighted by Gasteiger charge is 2.14. The fraction of sp³-hybridized carbons (Fsp3) is 0.154. The second-order valence-electron chi connectivity index (χ2n) is 7.62. The van der Waals surface area contributed by atoms with Crippen molar-refractivity contribution in [3.63, 3.8) is 0 Å². The zero-order valence-corrected chi connectivity index (χ0v) is 20.3. The predicted molar refractivity (Wildman–Crippen MR) is 137 cm³/mol. The number of nitrogens with one attached hydrogen (secondary N) is 2. The first kappa shape index (κ1) is 24.4. The van der Waals surface area contributed by atoms with E-state index < -0.39 is 0 Å². The lowest BCUT2D eigenvalue weighted by molar-refractivity contribution is 0.0952. The Balaban J connectivity index is 1.22. The molecular formula is C26H23ClN4O3S. The summed E-state index contributed by atoms with van der Waals surface area (Å²) in [5, 5.41) is 15.1. The van der Waals surface area contributed by atoms with Crippen LogP contribution in [0, 0.1) is 0 Å². The molecule has 178 valence electrons. The SMILES string of the molecule is O=C(NCCCc1ccccc1)c1ccc(NC(=O)c2nnc(COc3ccc(Cl)cc3)s2)cc1.